The Morgan fingerprint density at radius 3 is 2.61 bits per heavy atom. The quantitative estimate of drug-likeness (QED) is 0.661. The molecule has 1 amide bonds. The Balaban J connectivity index is 1.68. The van der Waals surface area contributed by atoms with Gasteiger partial charge in [-0.05, 0) is 56.5 Å². The van der Waals surface area contributed by atoms with E-state index in [1.807, 2.05) is 6.92 Å². The van der Waals surface area contributed by atoms with E-state index in [1.165, 1.54) is 0 Å². The lowest BCUT2D eigenvalue weighted by molar-refractivity contribution is -0.137. The Bertz CT molecular complexity index is 957. The highest BCUT2D eigenvalue weighted by Gasteiger charge is 2.63. The van der Waals surface area contributed by atoms with Gasteiger partial charge in [0.05, 0.1) is 28.4 Å². The molecule has 2 aromatic rings. The number of alkyl halides is 3. The van der Waals surface area contributed by atoms with Crippen LogP contribution in [0.15, 0.2) is 30.3 Å². The molecule has 0 radical (unpaired) electrons. The summed E-state index contributed by atoms with van der Waals surface area (Å²) in [5.41, 5.74) is 0.758. The van der Waals surface area contributed by atoms with Crippen molar-refractivity contribution < 1.29 is 22.7 Å². The molecular formula is C20H18ClF3N2O2. The third-order valence-electron chi connectivity index (χ3n) is 5.32. The molecule has 2 heterocycles. The van der Waals surface area contributed by atoms with E-state index in [0.717, 1.165) is 17.8 Å². The highest BCUT2D eigenvalue weighted by atomic mass is 35.5. The number of ether oxygens (including phenoxy) is 1. The first-order valence-corrected chi connectivity index (χ1v) is 9.27. The molecule has 0 N–H and O–H groups in total. The van der Waals surface area contributed by atoms with Crippen molar-refractivity contribution in [3.05, 3.63) is 63.4 Å². The number of carbonyl (C=O) groups excluding carboxylic acids is 1. The number of carbonyl (C=O) groups is 1. The third kappa shape index (κ3) is 3.21. The van der Waals surface area contributed by atoms with E-state index in [9.17, 15) is 18.0 Å². The Labute approximate surface area is 165 Å². The smallest absolute Gasteiger partial charge is 0.416 e. The van der Waals surface area contributed by atoms with Crippen LogP contribution in [0, 0.1) is 13.8 Å². The molecule has 1 aliphatic heterocycles. The third-order valence-corrected chi connectivity index (χ3v) is 5.67. The first kappa shape index (κ1) is 19.1. The molecule has 1 saturated carbocycles. The number of nitrogens with zero attached hydrogens (tertiary/aromatic N) is 2. The lowest BCUT2D eigenvalue weighted by Crippen LogP contribution is -2.36. The molecule has 0 bridgehead atoms. The number of amides is 1. The Morgan fingerprint density at radius 1 is 1.25 bits per heavy atom. The maximum Gasteiger partial charge on any atom is 0.416 e. The Hall–Kier alpha value is -2.28. The molecule has 1 aliphatic carbocycles. The molecule has 1 aromatic heterocycles. The zero-order chi connectivity index (χ0) is 20.3. The van der Waals surface area contributed by atoms with E-state index in [0.29, 0.717) is 34.7 Å². The Morgan fingerprint density at radius 2 is 1.96 bits per heavy atom. The van der Waals surface area contributed by atoms with E-state index >= 15 is 0 Å². The lowest BCUT2D eigenvalue weighted by atomic mass is 9.96. The van der Waals surface area contributed by atoms with Gasteiger partial charge in [-0.2, -0.15) is 13.2 Å². The molecule has 8 heteroatoms. The fourth-order valence-corrected chi connectivity index (χ4v) is 4.00. The van der Waals surface area contributed by atoms with Crippen LogP contribution in [0.2, 0.25) is 5.02 Å². The first-order chi connectivity index (χ1) is 13.1. The second-order valence-corrected chi connectivity index (χ2v) is 7.87. The predicted octanol–water partition coefficient (Wildman–Crippen LogP) is 5.60. The van der Waals surface area contributed by atoms with Crippen LogP contribution in [-0.4, -0.2) is 21.5 Å². The number of cyclic esters (lactones) is 1. The molecule has 1 spiro atoms. The minimum absolute atomic E-state index is 0.161. The van der Waals surface area contributed by atoms with Crippen molar-refractivity contribution in [2.24, 2.45) is 0 Å². The summed E-state index contributed by atoms with van der Waals surface area (Å²) in [5, 5.41) is 0.438. The molecule has 1 atom stereocenters. The topological polar surface area (TPSA) is 42.4 Å². The highest BCUT2D eigenvalue weighted by Crippen LogP contribution is 2.57. The van der Waals surface area contributed by atoms with Crippen molar-refractivity contribution in [1.82, 2.24) is 9.88 Å². The standard InChI is InChI=1S/C20H18ClF3N2O2/c1-11-7-13(9-14(8-11)20(22,23)24)17-19(5-6-19)26(18(27)28-17)10-16-15(21)4-3-12(2)25-16/h3-4,7-9,17H,5-6,10H2,1-2H3. The summed E-state index contributed by atoms with van der Waals surface area (Å²) >= 11 is 6.21. The van der Waals surface area contributed by atoms with Crippen LogP contribution >= 0.6 is 11.6 Å². The molecule has 148 valence electrons. The van der Waals surface area contributed by atoms with Gasteiger partial charge in [0.15, 0.2) is 6.10 Å². The number of hydrogen-bond donors (Lipinski definition) is 0. The second-order valence-electron chi connectivity index (χ2n) is 7.46. The van der Waals surface area contributed by atoms with Crippen molar-refractivity contribution in [2.75, 3.05) is 0 Å². The maximum atomic E-state index is 13.2. The van der Waals surface area contributed by atoms with E-state index in [2.05, 4.69) is 4.98 Å². The van der Waals surface area contributed by atoms with Gasteiger partial charge in [0.25, 0.3) is 0 Å². The molecule has 1 unspecified atom stereocenters. The van der Waals surface area contributed by atoms with Gasteiger partial charge < -0.3 is 4.74 Å². The van der Waals surface area contributed by atoms with Crippen LogP contribution in [0.1, 0.15) is 47.0 Å². The van der Waals surface area contributed by atoms with Crippen molar-refractivity contribution in [3.63, 3.8) is 0 Å². The van der Waals surface area contributed by atoms with E-state index in [-0.39, 0.29) is 6.54 Å². The van der Waals surface area contributed by atoms with Crippen molar-refractivity contribution in [2.45, 2.75) is 51.1 Å². The summed E-state index contributed by atoms with van der Waals surface area (Å²) in [4.78, 5) is 18.5. The largest absolute Gasteiger partial charge is 0.439 e. The van der Waals surface area contributed by atoms with Crippen molar-refractivity contribution in [3.8, 4) is 0 Å². The molecule has 1 aromatic carbocycles. The van der Waals surface area contributed by atoms with Crippen LogP contribution in [0.4, 0.5) is 18.0 Å². The summed E-state index contributed by atoms with van der Waals surface area (Å²) in [6, 6.07) is 7.30. The van der Waals surface area contributed by atoms with E-state index in [4.69, 9.17) is 16.3 Å². The van der Waals surface area contributed by atoms with Crippen LogP contribution < -0.4 is 0 Å². The minimum atomic E-state index is -4.46. The number of rotatable bonds is 3. The lowest BCUT2D eigenvalue weighted by Gasteiger charge is -2.25. The van der Waals surface area contributed by atoms with Gasteiger partial charge in [-0.15, -0.1) is 0 Å². The summed E-state index contributed by atoms with van der Waals surface area (Å²) in [6.45, 7) is 3.58. The van der Waals surface area contributed by atoms with E-state index < -0.39 is 29.5 Å². The number of halogens is 4. The number of aryl methyl sites for hydroxylation is 2. The van der Waals surface area contributed by atoms with Crippen LogP contribution in [0.5, 0.6) is 0 Å². The molecule has 28 heavy (non-hydrogen) atoms. The molecule has 2 fully saturated rings. The second kappa shape index (κ2) is 6.37. The normalized spacial score (nSPS) is 20.6. The first-order valence-electron chi connectivity index (χ1n) is 8.89. The fraction of sp³-hybridized carbons (Fsp3) is 0.400. The van der Waals surface area contributed by atoms with Crippen molar-refractivity contribution in [1.29, 1.82) is 0 Å². The molecule has 4 rings (SSSR count). The molecule has 1 saturated heterocycles. The molecule has 2 aliphatic rings. The van der Waals surface area contributed by atoms with Gasteiger partial charge in [-0.25, -0.2) is 4.79 Å². The number of aromatic nitrogens is 1. The average molecular weight is 411 g/mol. The van der Waals surface area contributed by atoms with Crippen LogP contribution in [0.3, 0.4) is 0 Å². The zero-order valence-electron chi connectivity index (χ0n) is 15.3. The van der Waals surface area contributed by atoms with Gasteiger partial charge in [0.2, 0.25) is 0 Å². The van der Waals surface area contributed by atoms with Crippen LogP contribution in [-0.2, 0) is 17.5 Å². The summed E-state index contributed by atoms with van der Waals surface area (Å²) in [5.74, 6) is 0. The predicted molar refractivity (Wildman–Crippen MR) is 96.9 cm³/mol. The van der Waals surface area contributed by atoms with E-state index in [1.54, 1.807) is 30.0 Å². The van der Waals surface area contributed by atoms with Gasteiger partial charge in [-0.1, -0.05) is 23.2 Å². The summed E-state index contributed by atoms with van der Waals surface area (Å²) < 4.78 is 45.2. The number of hydrogen-bond acceptors (Lipinski definition) is 3. The van der Waals surface area contributed by atoms with Gasteiger partial charge in [-0.3, -0.25) is 9.88 Å². The maximum absolute atomic E-state index is 13.2. The molecule has 4 nitrogen and oxygen atoms in total. The Kier molecular flexibility index (Phi) is 4.34. The van der Waals surface area contributed by atoms with Crippen LogP contribution in [0.25, 0.3) is 0 Å². The SMILES string of the molecule is Cc1cc(C2OC(=O)N(Cc3nc(C)ccc3Cl)C23CC3)cc(C(F)(F)F)c1. The molecular weight excluding hydrogens is 393 g/mol. The number of benzene rings is 1. The zero-order valence-corrected chi connectivity index (χ0v) is 16.1. The van der Waals surface area contributed by atoms with Gasteiger partial charge in [0, 0.05) is 5.69 Å². The van der Waals surface area contributed by atoms with Gasteiger partial charge in [0.1, 0.15) is 0 Å². The average Bonchev–Trinajstić information content (AvgIpc) is 3.34. The fourth-order valence-electron chi connectivity index (χ4n) is 3.84. The summed E-state index contributed by atoms with van der Waals surface area (Å²) in [6.07, 6.45) is -4.45. The minimum Gasteiger partial charge on any atom is -0.439 e. The monoisotopic (exact) mass is 410 g/mol. The summed E-state index contributed by atoms with van der Waals surface area (Å²) in [7, 11) is 0. The van der Waals surface area contributed by atoms with Gasteiger partial charge >= 0.3 is 12.3 Å². The number of pyridine rings is 1. The highest BCUT2D eigenvalue weighted by molar-refractivity contribution is 6.31. The van der Waals surface area contributed by atoms with Crippen molar-refractivity contribution >= 4 is 17.7 Å².